The first-order valence-corrected chi connectivity index (χ1v) is 15.3. The van der Waals surface area contributed by atoms with Gasteiger partial charge in [0, 0.05) is 26.2 Å². The number of piperazine rings is 1. The van der Waals surface area contributed by atoms with Crippen LogP contribution in [0.15, 0.2) is 42.5 Å². The molecule has 2 N–H and O–H groups in total. The summed E-state index contributed by atoms with van der Waals surface area (Å²) in [5.41, 5.74) is 2.42. The van der Waals surface area contributed by atoms with E-state index >= 15 is 0 Å². The molecule has 1 heterocycles. The highest BCUT2D eigenvalue weighted by Gasteiger charge is 2.27. The van der Waals surface area contributed by atoms with Crippen LogP contribution in [0.4, 0.5) is 4.39 Å². The first-order chi connectivity index (χ1) is 18.6. The molecule has 0 spiro atoms. The van der Waals surface area contributed by atoms with Crippen LogP contribution in [0, 0.1) is 11.7 Å². The molecule has 1 saturated carbocycles. The third-order valence-corrected chi connectivity index (χ3v) is 9.28. The summed E-state index contributed by atoms with van der Waals surface area (Å²) in [6.07, 6.45) is 7.02. The largest absolute Gasteiger partial charge is 0.494 e. The number of benzene rings is 2. The number of hydrogen-bond donors (Lipinski definition) is 1. The van der Waals surface area contributed by atoms with Gasteiger partial charge in [-0.25, -0.2) is 9.53 Å². The Balaban J connectivity index is 1.17. The van der Waals surface area contributed by atoms with Gasteiger partial charge in [-0.05, 0) is 78.8 Å². The minimum Gasteiger partial charge on any atom is -0.494 e. The van der Waals surface area contributed by atoms with Gasteiger partial charge in [0.25, 0.3) is 16.1 Å². The first-order valence-electron chi connectivity index (χ1n) is 13.8. The van der Waals surface area contributed by atoms with Crippen molar-refractivity contribution in [1.29, 1.82) is 0 Å². The van der Waals surface area contributed by atoms with E-state index in [9.17, 15) is 17.6 Å². The van der Waals surface area contributed by atoms with Crippen LogP contribution in [-0.4, -0.2) is 63.4 Å². The van der Waals surface area contributed by atoms with Crippen molar-refractivity contribution >= 4 is 16.1 Å². The highest BCUT2D eigenvalue weighted by molar-refractivity contribution is 7.86. The lowest BCUT2D eigenvalue weighted by Gasteiger charge is -2.32. The number of hydrogen-bond acceptors (Lipinski definition) is 5. The highest BCUT2D eigenvalue weighted by Crippen LogP contribution is 2.41. The third-order valence-electron chi connectivity index (χ3n) is 8.20. The van der Waals surface area contributed by atoms with Crippen molar-refractivity contribution in [2.45, 2.75) is 57.3 Å². The van der Waals surface area contributed by atoms with E-state index in [0.29, 0.717) is 42.3 Å². The van der Waals surface area contributed by atoms with Crippen LogP contribution >= 0.6 is 0 Å². The number of ether oxygens (including phenoxy) is 2. The number of halogens is 1. The number of nitrogens with two attached hydrogens (primary N) is 1. The van der Waals surface area contributed by atoms with Crippen LogP contribution in [0.5, 0.6) is 11.5 Å². The van der Waals surface area contributed by atoms with Crippen molar-refractivity contribution in [3.8, 4) is 11.5 Å². The minimum atomic E-state index is -3.72. The fraction of sp³-hybridized carbons (Fsp3) is 0.552. The lowest BCUT2D eigenvalue weighted by atomic mass is 9.91. The Kier molecular flexibility index (Phi) is 9.85. The van der Waals surface area contributed by atoms with Crippen LogP contribution in [0.25, 0.3) is 0 Å². The lowest BCUT2D eigenvalue weighted by molar-refractivity contribution is -0.134. The van der Waals surface area contributed by atoms with E-state index in [0.717, 1.165) is 18.4 Å². The molecule has 2 aliphatic rings. The molecule has 0 radical (unpaired) electrons. The van der Waals surface area contributed by atoms with Crippen molar-refractivity contribution in [3.63, 3.8) is 0 Å². The van der Waals surface area contributed by atoms with Crippen LogP contribution in [0.3, 0.4) is 0 Å². The van der Waals surface area contributed by atoms with E-state index in [1.54, 1.807) is 4.90 Å². The Morgan fingerprint density at radius 2 is 1.82 bits per heavy atom. The Labute approximate surface area is 231 Å². The predicted molar refractivity (Wildman–Crippen MR) is 148 cm³/mol. The standard InChI is InChI=1S/C29H40FN3O5S/c1-21(24-10-13-27(30)28(19-24)37-2)4-3-5-22-6-7-25(18-22)23-8-11-26(12-9-23)38-20-29(34)32-14-16-33(17-15-32)39(31,35)36/h8-13,19,21-22,25H,3-7,14-18,20H2,1-2H3,(H2,31,35,36). The molecule has 214 valence electrons. The molecule has 2 fully saturated rings. The molecule has 1 saturated heterocycles. The maximum absolute atomic E-state index is 13.7. The highest BCUT2D eigenvalue weighted by atomic mass is 32.2. The molecule has 39 heavy (non-hydrogen) atoms. The van der Waals surface area contributed by atoms with Crippen LogP contribution < -0.4 is 14.6 Å². The zero-order valence-corrected chi connectivity index (χ0v) is 23.7. The predicted octanol–water partition coefficient (Wildman–Crippen LogP) is 4.42. The zero-order chi connectivity index (χ0) is 28.0. The molecule has 8 nitrogen and oxygen atoms in total. The number of methoxy groups -OCH3 is 1. The van der Waals surface area contributed by atoms with E-state index < -0.39 is 10.2 Å². The SMILES string of the molecule is COc1cc(C(C)CCCC2CCC(c3ccc(OCC(=O)N4CCN(S(N)(=O)=O)CC4)cc3)C2)ccc1F. The molecule has 2 aromatic carbocycles. The molecule has 0 bridgehead atoms. The number of carbonyl (C=O) groups is 1. The average Bonchev–Trinajstić information content (AvgIpc) is 3.40. The molecule has 1 aliphatic heterocycles. The maximum atomic E-state index is 13.7. The second-order valence-electron chi connectivity index (χ2n) is 10.8. The zero-order valence-electron chi connectivity index (χ0n) is 22.9. The van der Waals surface area contributed by atoms with Gasteiger partial charge in [-0.3, -0.25) is 4.79 Å². The Bertz CT molecular complexity index is 1220. The normalized spacial score (nSPS) is 21.1. The smallest absolute Gasteiger partial charge is 0.277 e. The van der Waals surface area contributed by atoms with Crippen molar-refractivity contribution < 1.29 is 27.1 Å². The van der Waals surface area contributed by atoms with Gasteiger partial charge < -0.3 is 14.4 Å². The minimum absolute atomic E-state index is 0.0800. The number of rotatable bonds is 11. The van der Waals surface area contributed by atoms with E-state index in [-0.39, 0.29) is 31.4 Å². The van der Waals surface area contributed by atoms with E-state index in [4.69, 9.17) is 14.6 Å². The van der Waals surface area contributed by atoms with Gasteiger partial charge in [0.1, 0.15) is 5.75 Å². The molecule has 2 aromatic rings. The fourth-order valence-corrected chi connectivity index (χ4v) is 6.44. The molecule has 10 heteroatoms. The van der Waals surface area contributed by atoms with Gasteiger partial charge in [-0.1, -0.05) is 38.0 Å². The van der Waals surface area contributed by atoms with Crippen LogP contribution in [0.1, 0.15) is 68.4 Å². The summed E-state index contributed by atoms with van der Waals surface area (Å²) in [6.45, 7) is 3.12. The second kappa shape index (κ2) is 13.1. The molecular formula is C29H40FN3O5S. The molecule has 1 amide bonds. The van der Waals surface area contributed by atoms with Gasteiger partial charge in [-0.2, -0.15) is 12.7 Å². The lowest BCUT2D eigenvalue weighted by Crippen LogP contribution is -2.53. The van der Waals surface area contributed by atoms with Crippen molar-refractivity contribution in [1.82, 2.24) is 9.21 Å². The van der Waals surface area contributed by atoms with E-state index in [1.807, 2.05) is 24.3 Å². The van der Waals surface area contributed by atoms with Crippen molar-refractivity contribution in [2.24, 2.45) is 11.1 Å². The molecule has 1 aliphatic carbocycles. The summed E-state index contributed by atoms with van der Waals surface area (Å²) in [5.74, 6) is 2.09. The van der Waals surface area contributed by atoms with Crippen LogP contribution in [0.2, 0.25) is 0 Å². The Morgan fingerprint density at radius 3 is 2.49 bits per heavy atom. The molecule has 4 rings (SSSR count). The fourth-order valence-electron chi connectivity index (χ4n) is 5.77. The average molecular weight is 562 g/mol. The van der Waals surface area contributed by atoms with Gasteiger partial charge in [0.15, 0.2) is 18.2 Å². The molecule has 3 atom stereocenters. The summed E-state index contributed by atoms with van der Waals surface area (Å²) < 4.78 is 48.6. The number of amides is 1. The number of nitrogens with zero attached hydrogens (tertiary/aromatic N) is 2. The summed E-state index contributed by atoms with van der Waals surface area (Å²) in [7, 11) is -2.22. The Hall–Kier alpha value is -2.69. The van der Waals surface area contributed by atoms with Crippen LogP contribution in [-0.2, 0) is 15.0 Å². The van der Waals surface area contributed by atoms with E-state index in [1.165, 1.54) is 48.7 Å². The van der Waals surface area contributed by atoms with Gasteiger partial charge >= 0.3 is 0 Å². The molecular weight excluding hydrogens is 521 g/mol. The summed E-state index contributed by atoms with van der Waals surface area (Å²) in [4.78, 5) is 14.1. The van der Waals surface area contributed by atoms with Gasteiger partial charge in [-0.15, -0.1) is 0 Å². The maximum Gasteiger partial charge on any atom is 0.277 e. The molecule has 0 aromatic heterocycles. The van der Waals surface area contributed by atoms with Gasteiger partial charge in [0.2, 0.25) is 0 Å². The number of carbonyl (C=O) groups excluding carboxylic acids is 1. The van der Waals surface area contributed by atoms with Crippen molar-refractivity contribution in [2.75, 3.05) is 39.9 Å². The van der Waals surface area contributed by atoms with E-state index in [2.05, 4.69) is 19.1 Å². The quantitative estimate of drug-likeness (QED) is 0.438. The van der Waals surface area contributed by atoms with Crippen molar-refractivity contribution in [3.05, 3.63) is 59.4 Å². The monoisotopic (exact) mass is 561 g/mol. The summed E-state index contributed by atoms with van der Waals surface area (Å²) in [6, 6.07) is 13.2. The topological polar surface area (TPSA) is 102 Å². The Morgan fingerprint density at radius 1 is 1.10 bits per heavy atom. The van der Waals surface area contributed by atoms with Gasteiger partial charge in [0.05, 0.1) is 7.11 Å². The summed E-state index contributed by atoms with van der Waals surface area (Å²) >= 11 is 0. The first kappa shape index (κ1) is 29.3. The third kappa shape index (κ3) is 7.93. The summed E-state index contributed by atoms with van der Waals surface area (Å²) in [5, 5.41) is 5.15. The second-order valence-corrected chi connectivity index (χ2v) is 12.3. The molecule has 3 unspecified atom stereocenters.